The van der Waals surface area contributed by atoms with Crippen LogP contribution in [0, 0.1) is 33.5 Å². The molecule has 2 fully saturated rings. The molecular weight excluding hydrogens is 512 g/mol. The maximum Gasteiger partial charge on any atom is 0.324 e. The largest absolute Gasteiger partial charge is 0.465 e. The number of esters is 4. The number of hydrogen-bond donors (Lipinski definition) is 0. The average Bonchev–Trinajstić information content (AvgIpc) is 3.52. The van der Waals surface area contributed by atoms with Crippen LogP contribution in [0.15, 0.2) is 24.3 Å². The van der Waals surface area contributed by atoms with Crippen molar-refractivity contribution >= 4 is 23.9 Å². The van der Waals surface area contributed by atoms with E-state index >= 15 is 0 Å². The normalized spacial score (nSPS) is 22.4. The summed E-state index contributed by atoms with van der Waals surface area (Å²) in [5.74, 6) is -2.75. The zero-order valence-corrected chi connectivity index (χ0v) is 25.8. The van der Waals surface area contributed by atoms with Gasteiger partial charge in [-0.05, 0) is 64.2 Å². The quantitative estimate of drug-likeness (QED) is 0.117. The van der Waals surface area contributed by atoms with Crippen LogP contribution in [0.5, 0.6) is 0 Å². The van der Waals surface area contributed by atoms with Gasteiger partial charge in [-0.15, -0.1) is 0 Å². The Kier molecular flexibility index (Phi) is 11.6. The number of carbonyl (C=O) groups is 4. The van der Waals surface area contributed by atoms with Crippen LogP contribution in [0.2, 0.25) is 0 Å². The Hall–Kier alpha value is -2.64. The molecule has 2 atom stereocenters. The monoisotopic (exact) mass is 562 g/mol. The molecule has 0 aromatic heterocycles. The fourth-order valence-corrected chi connectivity index (χ4v) is 5.95. The van der Waals surface area contributed by atoms with Crippen molar-refractivity contribution in [3.05, 3.63) is 24.3 Å². The van der Waals surface area contributed by atoms with Gasteiger partial charge in [0, 0.05) is 11.8 Å². The molecule has 40 heavy (non-hydrogen) atoms. The lowest BCUT2D eigenvalue weighted by Gasteiger charge is -2.39. The van der Waals surface area contributed by atoms with Gasteiger partial charge in [0.2, 0.25) is 0 Å². The minimum atomic E-state index is -1.33. The Morgan fingerprint density at radius 3 is 1.12 bits per heavy atom. The van der Waals surface area contributed by atoms with Gasteiger partial charge in [0.25, 0.3) is 0 Å². The van der Waals surface area contributed by atoms with Gasteiger partial charge in [-0.3, -0.25) is 19.2 Å². The summed E-state index contributed by atoms with van der Waals surface area (Å²) in [5, 5.41) is 0. The summed E-state index contributed by atoms with van der Waals surface area (Å²) < 4.78 is 21.4. The van der Waals surface area contributed by atoms with E-state index in [1.807, 2.05) is 12.2 Å². The molecule has 2 aliphatic carbocycles. The second kappa shape index (κ2) is 13.8. The van der Waals surface area contributed by atoms with Crippen LogP contribution in [0.1, 0.15) is 93.9 Å². The molecule has 8 nitrogen and oxygen atoms in total. The minimum absolute atomic E-state index is 0.194. The molecule has 8 heteroatoms. The van der Waals surface area contributed by atoms with E-state index in [-0.39, 0.29) is 38.3 Å². The molecule has 0 aromatic carbocycles. The van der Waals surface area contributed by atoms with Crippen LogP contribution in [0.3, 0.4) is 0 Å². The molecule has 0 heterocycles. The van der Waals surface area contributed by atoms with Crippen LogP contribution < -0.4 is 0 Å². The molecule has 0 bridgehead atoms. The Morgan fingerprint density at radius 2 is 0.875 bits per heavy atom. The lowest BCUT2D eigenvalue weighted by atomic mass is 9.65. The Balaban J connectivity index is 2.37. The molecule has 2 saturated carbocycles. The Labute approximate surface area is 240 Å². The van der Waals surface area contributed by atoms with Crippen molar-refractivity contribution in [1.29, 1.82) is 0 Å². The van der Waals surface area contributed by atoms with E-state index in [4.69, 9.17) is 18.9 Å². The van der Waals surface area contributed by atoms with E-state index in [1.54, 1.807) is 27.7 Å². The average molecular weight is 563 g/mol. The topological polar surface area (TPSA) is 105 Å². The molecule has 2 aliphatic rings. The van der Waals surface area contributed by atoms with E-state index in [0.29, 0.717) is 25.7 Å². The van der Waals surface area contributed by atoms with Gasteiger partial charge in [0.15, 0.2) is 10.8 Å². The number of carbonyl (C=O) groups excluding carboxylic acids is 4. The predicted molar refractivity (Wildman–Crippen MR) is 152 cm³/mol. The van der Waals surface area contributed by atoms with Gasteiger partial charge in [-0.1, -0.05) is 64.8 Å². The van der Waals surface area contributed by atoms with E-state index in [2.05, 4.69) is 39.8 Å². The Bertz CT molecular complexity index is 859. The van der Waals surface area contributed by atoms with Crippen LogP contribution in [0.25, 0.3) is 0 Å². The van der Waals surface area contributed by atoms with Crippen molar-refractivity contribution in [2.75, 3.05) is 26.4 Å². The van der Waals surface area contributed by atoms with E-state index < -0.39 is 45.5 Å². The highest BCUT2D eigenvalue weighted by Crippen LogP contribution is 2.50. The predicted octanol–water partition coefficient (Wildman–Crippen LogP) is 5.98. The minimum Gasteiger partial charge on any atom is -0.465 e. The van der Waals surface area contributed by atoms with Crippen molar-refractivity contribution < 1.29 is 38.1 Å². The zero-order valence-electron chi connectivity index (χ0n) is 25.8. The maximum absolute atomic E-state index is 13.1. The van der Waals surface area contributed by atoms with Gasteiger partial charge in [-0.2, -0.15) is 0 Å². The summed E-state index contributed by atoms with van der Waals surface area (Å²) >= 11 is 0. The lowest BCUT2D eigenvalue weighted by Crippen LogP contribution is -2.45. The lowest BCUT2D eigenvalue weighted by molar-refractivity contribution is -0.175. The third-order valence-electron chi connectivity index (χ3n) is 9.15. The van der Waals surface area contributed by atoms with Crippen molar-refractivity contribution in [3.63, 3.8) is 0 Å². The summed E-state index contributed by atoms with van der Waals surface area (Å²) in [7, 11) is 0. The molecule has 226 valence electrons. The summed E-state index contributed by atoms with van der Waals surface area (Å²) in [6.07, 6.45) is 11.7. The molecule has 2 rings (SSSR count). The van der Waals surface area contributed by atoms with Crippen LogP contribution in [-0.2, 0) is 38.1 Å². The van der Waals surface area contributed by atoms with Crippen molar-refractivity contribution in [2.24, 2.45) is 33.5 Å². The molecule has 0 spiro atoms. The highest BCUT2D eigenvalue weighted by molar-refractivity contribution is 6.01. The van der Waals surface area contributed by atoms with Crippen molar-refractivity contribution in [3.8, 4) is 0 Å². The molecule has 0 saturated heterocycles. The first-order valence-corrected chi connectivity index (χ1v) is 14.9. The summed E-state index contributed by atoms with van der Waals surface area (Å²) in [4.78, 5) is 52.3. The number of ether oxygens (including phenoxy) is 4. The van der Waals surface area contributed by atoms with Crippen molar-refractivity contribution in [2.45, 2.75) is 93.9 Å². The summed E-state index contributed by atoms with van der Waals surface area (Å²) in [6.45, 7) is 16.1. The second-order valence-electron chi connectivity index (χ2n) is 12.0. The molecule has 0 radical (unpaired) electrons. The Morgan fingerprint density at radius 1 is 0.600 bits per heavy atom. The van der Waals surface area contributed by atoms with Crippen LogP contribution in [0.4, 0.5) is 0 Å². The first-order chi connectivity index (χ1) is 18.8. The molecule has 0 amide bonds. The van der Waals surface area contributed by atoms with Gasteiger partial charge in [-0.25, -0.2) is 0 Å². The van der Waals surface area contributed by atoms with Gasteiger partial charge in [0.05, 0.1) is 26.4 Å². The molecule has 2 unspecified atom stereocenters. The van der Waals surface area contributed by atoms with Gasteiger partial charge in [0.1, 0.15) is 0 Å². The van der Waals surface area contributed by atoms with E-state index in [0.717, 1.165) is 12.8 Å². The first-order valence-electron chi connectivity index (χ1n) is 14.9. The van der Waals surface area contributed by atoms with E-state index in [1.165, 1.54) is 0 Å². The SMILES string of the molecule is CCOC(=O)C1(C(=O)OCC)CCCC1/C=C/C(C)(C)C(C)(C)/C=C/C1CCCC1(C(=O)OCC)C(=O)OCC. The van der Waals surface area contributed by atoms with Crippen molar-refractivity contribution in [1.82, 2.24) is 0 Å². The zero-order chi connectivity index (χ0) is 30.2. The third-order valence-corrected chi connectivity index (χ3v) is 9.15. The van der Waals surface area contributed by atoms with Crippen LogP contribution >= 0.6 is 0 Å². The molecule has 0 aliphatic heterocycles. The molecule has 0 aromatic rings. The number of hydrogen-bond acceptors (Lipinski definition) is 8. The fourth-order valence-electron chi connectivity index (χ4n) is 5.95. The molecule has 0 N–H and O–H groups in total. The second-order valence-corrected chi connectivity index (χ2v) is 12.0. The summed E-state index contributed by atoms with van der Waals surface area (Å²) in [6, 6.07) is 0. The fraction of sp³-hybridized carbons (Fsp3) is 0.750. The first kappa shape index (κ1) is 33.6. The molecular formula is C32H50O8. The standard InChI is InChI=1S/C32H50O8/c1-9-37-25(33)31(26(34)38-10-2)19-13-15-23(31)17-21-29(5,6)30(7,8)22-18-24-16-14-20-32(24,27(35)39-11-3)28(36)40-12-4/h17-18,21-24H,9-16,19-20H2,1-8H3/b21-17+,22-18+. The maximum atomic E-state index is 13.1. The van der Waals surface area contributed by atoms with Gasteiger partial charge >= 0.3 is 23.9 Å². The number of allylic oxidation sites excluding steroid dienone is 4. The summed E-state index contributed by atoms with van der Waals surface area (Å²) in [5.41, 5.74) is -3.48. The number of rotatable bonds is 13. The third kappa shape index (κ3) is 6.46. The smallest absolute Gasteiger partial charge is 0.324 e. The highest BCUT2D eigenvalue weighted by Gasteiger charge is 2.58. The highest BCUT2D eigenvalue weighted by atomic mass is 16.6. The van der Waals surface area contributed by atoms with Crippen LogP contribution in [-0.4, -0.2) is 50.3 Å². The van der Waals surface area contributed by atoms with Gasteiger partial charge < -0.3 is 18.9 Å². The van der Waals surface area contributed by atoms with E-state index in [9.17, 15) is 19.2 Å².